The highest BCUT2D eigenvalue weighted by molar-refractivity contribution is 9.10. The SMILES string of the molecule is CCCc1cc(CN)cc(Oc2ccc(OC)cc2Br)n1. The van der Waals surface area contributed by atoms with Gasteiger partial charge >= 0.3 is 0 Å². The summed E-state index contributed by atoms with van der Waals surface area (Å²) in [4.78, 5) is 4.52. The number of hydrogen-bond donors (Lipinski definition) is 1. The third kappa shape index (κ3) is 4.19. The molecule has 0 fully saturated rings. The van der Waals surface area contributed by atoms with E-state index >= 15 is 0 Å². The molecule has 0 saturated heterocycles. The molecule has 0 saturated carbocycles. The summed E-state index contributed by atoms with van der Waals surface area (Å²) in [5.74, 6) is 2.02. The largest absolute Gasteiger partial charge is 0.497 e. The summed E-state index contributed by atoms with van der Waals surface area (Å²) in [6.45, 7) is 2.59. The van der Waals surface area contributed by atoms with Gasteiger partial charge in [-0.3, -0.25) is 0 Å². The first-order valence-corrected chi connectivity index (χ1v) is 7.67. The topological polar surface area (TPSA) is 57.4 Å². The van der Waals surface area contributed by atoms with Gasteiger partial charge in [-0.05, 0) is 52.2 Å². The van der Waals surface area contributed by atoms with Crippen LogP contribution in [-0.2, 0) is 13.0 Å². The zero-order chi connectivity index (χ0) is 15.2. The van der Waals surface area contributed by atoms with Gasteiger partial charge in [0.25, 0.3) is 0 Å². The minimum atomic E-state index is 0.472. The number of pyridine rings is 1. The molecular formula is C16H19BrN2O2. The van der Waals surface area contributed by atoms with Gasteiger partial charge in [0.2, 0.25) is 5.88 Å². The Bertz CT molecular complexity index is 617. The van der Waals surface area contributed by atoms with Crippen molar-refractivity contribution in [3.8, 4) is 17.4 Å². The number of aryl methyl sites for hydroxylation is 1. The molecule has 0 aliphatic rings. The van der Waals surface area contributed by atoms with Crippen molar-refractivity contribution in [1.82, 2.24) is 4.98 Å². The highest BCUT2D eigenvalue weighted by atomic mass is 79.9. The van der Waals surface area contributed by atoms with Crippen LogP contribution in [0.25, 0.3) is 0 Å². The van der Waals surface area contributed by atoms with E-state index in [2.05, 4.69) is 27.8 Å². The van der Waals surface area contributed by atoms with Crippen LogP contribution in [0.5, 0.6) is 17.4 Å². The van der Waals surface area contributed by atoms with Crippen molar-refractivity contribution in [3.05, 3.63) is 46.1 Å². The first-order chi connectivity index (χ1) is 10.2. The van der Waals surface area contributed by atoms with Crippen LogP contribution >= 0.6 is 15.9 Å². The van der Waals surface area contributed by atoms with E-state index in [1.165, 1.54) is 0 Å². The molecule has 0 amide bonds. The Morgan fingerprint density at radius 1 is 1.24 bits per heavy atom. The van der Waals surface area contributed by atoms with Crippen molar-refractivity contribution in [3.63, 3.8) is 0 Å². The molecule has 0 aliphatic heterocycles. The first-order valence-electron chi connectivity index (χ1n) is 6.87. The molecule has 112 valence electrons. The minimum absolute atomic E-state index is 0.472. The summed E-state index contributed by atoms with van der Waals surface area (Å²) in [5.41, 5.74) is 7.76. The van der Waals surface area contributed by atoms with Gasteiger partial charge in [0.05, 0.1) is 11.6 Å². The standard InChI is InChI=1S/C16H19BrN2O2/c1-3-4-12-7-11(10-18)8-16(19-12)21-15-6-5-13(20-2)9-14(15)17/h5-9H,3-4,10,18H2,1-2H3. The fourth-order valence-corrected chi connectivity index (χ4v) is 2.42. The van der Waals surface area contributed by atoms with Gasteiger partial charge in [0.1, 0.15) is 11.5 Å². The summed E-state index contributed by atoms with van der Waals surface area (Å²) in [6, 6.07) is 9.45. The van der Waals surface area contributed by atoms with E-state index in [1.54, 1.807) is 7.11 Å². The van der Waals surface area contributed by atoms with Crippen molar-refractivity contribution in [1.29, 1.82) is 0 Å². The second-order valence-corrected chi connectivity index (χ2v) is 5.51. The third-order valence-corrected chi connectivity index (χ3v) is 3.63. The summed E-state index contributed by atoms with van der Waals surface area (Å²) >= 11 is 3.47. The maximum Gasteiger partial charge on any atom is 0.219 e. The van der Waals surface area contributed by atoms with Crippen LogP contribution < -0.4 is 15.2 Å². The lowest BCUT2D eigenvalue weighted by atomic mass is 10.1. The molecule has 2 N–H and O–H groups in total. The number of methoxy groups -OCH3 is 1. The highest BCUT2D eigenvalue weighted by Gasteiger charge is 2.08. The number of nitrogens with two attached hydrogens (primary N) is 1. The average molecular weight is 351 g/mol. The zero-order valence-corrected chi connectivity index (χ0v) is 13.8. The number of ether oxygens (including phenoxy) is 2. The molecule has 2 rings (SSSR count). The molecule has 4 nitrogen and oxygen atoms in total. The average Bonchev–Trinajstić information content (AvgIpc) is 2.49. The van der Waals surface area contributed by atoms with Crippen LogP contribution in [0, 0.1) is 0 Å². The summed E-state index contributed by atoms with van der Waals surface area (Å²) in [7, 11) is 1.63. The van der Waals surface area contributed by atoms with E-state index in [-0.39, 0.29) is 0 Å². The molecule has 0 atom stereocenters. The van der Waals surface area contributed by atoms with Crippen molar-refractivity contribution in [2.75, 3.05) is 7.11 Å². The van der Waals surface area contributed by atoms with Crippen molar-refractivity contribution in [2.45, 2.75) is 26.3 Å². The number of rotatable bonds is 6. The Morgan fingerprint density at radius 3 is 2.67 bits per heavy atom. The molecule has 2 aromatic rings. The number of halogens is 1. The molecule has 21 heavy (non-hydrogen) atoms. The van der Waals surface area contributed by atoms with E-state index in [0.29, 0.717) is 18.2 Å². The normalized spacial score (nSPS) is 10.5. The predicted molar refractivity (Wildman–Crippen MR) is 86.9 cm³/mol. The second-order valence-electron chi connectivity index (χ2n) is 4.66. The van der Waals surface area contributed by atoms with Crippen LogP contribution in [-0.4, -0.2) is 12.1 Å². The monoisotopic (exact) mass is 350 g/mol. The van der Waals surface area contributed by atoms with E-state index < -0.39 is 0 Å². The van der Waals surface area contributed by atoms with E-state index in [1.807, 2.05) is 30.3 Å². The zero-order valence-electron chi connectivity index (χ0n) is 12.2. The fourth-order valence-electron chi connectivity index (χ4n) is 1.98. The van der Waals surface area contributed by atoms with Crippen LogP contribution in [0.2, 0.25) is 0 Å². The van der Waals surface area contributed by atoms with Gasteiger partial charge in [-0.25, -0.2) is 4.98 Å². The third-order valence-electron chi connectivity index (χ3n) is 3.01. The smallest absolute Gasteiger partial charge is 0.219 e. The Hall–Kier alpha value is -1.59. The maximum atomic E-state index is 5.87. The van der Waals surface area contributed by atoms with Gasteiger partial charge in [-0.15, -0.1) is 0 Å². The molecule has 0 bridgehead atoms. The van der Waals surface area contributed by atoms with Crippen LogP contribution in [0.15, 0.2) is 34.8 Å². The van der Waals surface area contributed by atoms with Gasteiger partial charge in [-0.2, -0.15) is 0 Å². The summed E-state index contributed by atoms with van der Waals surface area (Å²) in [5, 5.41) is 0. The maximum absolute atomic E-state index is 5.87. The van der Waals surface area contributed by atoms with Crippen LogP contribution in [0.3, 0.4) is 0 Å². The minimum Gasteiger partial charge on any atom is -0.497 e. The lowest BCUT2D eigenvalue weighted by molar-refractivity contribution is 0.411. The van der Waals surface area contributed by atoms with Crippen LogP contribution in [0.4, 0.5) is 0 Å². The van der Waals surface area contributed by atoms with Crippen molar-refractivity contribution >= 4 is 15.9 Å². The molecule has 0 spiro atoms. The highest BCUT2D eigenvalue weighted by Crippen LogP contribution is 2.32. The molecule has 1 heterocycles. The Morgan fingerprint density at radius 2 is 2.05 bits per heavy atom. The van der Waals surface area contributed by atoms with E-state index in [0.717, 1.165) is 34.3 Å². The van der Waals surface area contributed by atoms with Gasteiger partial charge < -0.3 is 15.2 Å². The first kappa shape index (κ1) is 15.8. The molecule has 1 aromatic heterocycles. The number of hydrogen-bond acceptors (Lipinski definition) is 4. The van der Waals surface area contributed by atoms with Gasteiger partial charge in [0.15, 0.2) is 0 Å². The molecular weight excluding hydrogens is 332 g/mol. The van der Waals surface area contributed by atoms with Gasteiger partial charge in [0, 0.05) is 18.3 Å². The molecule has 0 aliphatic carbocycles. The molecule has 5 heteroatoms. The molecule has 1 aromatic carbocycles. The lowest BCUT2D eigenvalue weighted by Crippen LogP contribution is -2.01. The van der Waals surface area contributed by atoms with E-state index in [9.17, 15) is 0 Å². The Labute approximate surface area is 133 Å². The fraction of sp³-hybridized carbons (Fsp3) is 0.312. The van der Waals surface area contributed by atoms with Crippen molar-refractivity contribution in [2.24, 2.45) is 5.73 Å². The quantitative estimate of drug-likeness (QED) is 0.853. The molecule has 0 unspecified atom stereocenters. The Balaban J connectivity index is 2.27. The van der Waals surface area contributed by atoms with Crippen LogP contribution in [0.1, 0.15) is 24.6 Å². The number of nitrogens with zero attached hydrogens (tertiary/aromatic N) is 1. The Kier molecular flexibility index (Phi) is 5.59. The molecule has 0 radical (unpaired) electrons. The number of aromatic nitrogens is 1. The predicted octanol–water partition coefficient (Wildman–Crippen LogP) is 4.06. The lowest BCUT2D eigenvalue weighted by Gasteiger charge is -2.11. The van der Waals surface area contributed by atoms with Gasteiger partial charge in [-0.1, -0.05) is 13.3 Å². The van der Waals surface area contributed by atoms with E-state index in [4.69, 9.17) is 15.2 Å². The summed E-state index contributed by atoms with van der Waals surface area (Å²) in [6.07, 6.45) is 1.95. The second kappa shape index (κ2) is 7.43. The summed E-state index contributed by atoms with van der Waals surface area (Å²) < 4.78 is 11.9. The number of benzene rings is 1. The van der Waals surface area contributed by atoms with Crippen molar-refractivity contribution < 1.29 is 9.47 Å².